The van der Waals surface area contributed by atoms with Crippen molar-refractivity contribution in [3.8, 4) is 0 Å². The van der Waals surface area contributed by atoms with Crippen LogP contribution in [0.4, 0.5) is 10.1 Å². The van der Waals surface area contributed by atoms with Crippen LogP contribution in [0.25, 0.3) is 0 Å². The first kappa shape index (κ1) is 14.4. The molecule has 1 aromatic rings. The van der Waals surface area contributed by atoms with Crippen LogP contribution in [0.2, 0.25) is 0 Å². The first-order valence-electron chi connectivity index (χ1n) is 6.70. The molecule has 4 heteroatoms. The molecule has 0 aliphatic heterocycles. The largest absolute Gasteiger partial charge is 0.326 e. The Morgan fingerprint density at radius 1 is 1.60 bits per heavy atom. The molecule has 106 valence electrons. The number of hydrogen-bond acceptors (Lipinski definition) is 2. The van der Waals surface area contributed by atoms with Crippen molar-refractivity contribution in [2.45, 2.75) is 33.1 Å². The van der Waals surface area contributed by atoms with E-state index in [1.54, 1.807) is 13.0 Å². The number of carbonyl (C=O) groups excluding carboxylic acids is 2. The minimum atomic E-state index is -0.387. The lowest BCUT2D eigenvalue weighted by Gasteiger charge is -2.26. The molecule has 0 fully saturated rings. The van der Waals surface area contributed by atoms with Gasteiger partial charge in [-0.2, -0.15) is 0 Å². The number of allylic oxidation sites excluding steroid dienone is 1. The van der Waals surface area contributed by atoms with Gasteiger partial charge < -0.3 is 5.32 Å². The number of carbonyl (C=O) groups is 2. The first-order chi connectivity index (χ1) is 9.45. The summed E-state index contributed by atoms with van der Waals surface area (Å²) in [7, 11) is 0. The predicted molar refractivity (Wildman–Crippen MR) is 76.4 cm³/mol. The summed E-state index contributed by atoms with van der Waals surface area (Å²) in [4.78, 5) is 23.8. The zero-order chi connectivity index (χ0) is 14.9. The molecule has 0 saturated heterocycles. The Kier molecular flexibility index (Phi) is 4.02. The summed E-state index contributed by atoms with van der Waals surface area (Å²) in [5.74, 6) is -0.855. The molecular weight excluding hydrogens is 257 g/mol. The van der Waals surface area contributed by atoms with Crippen LogP contribution in [0.5, 0.6) is 0 Å². The number of Topliss-reactive ketones (excluding diaryl/α,β-unsaturated/α-hetero) is 1. The molecule has 0 saturated carbocycles. The van der Waals surface area contributed by atoms with Crippen molar-refractivity contribution in [2.75, 3.05) is 5.32 Å². The van der Waals surface area contributed by atoms with Crippen LogP contribution in [-0.4, -0.2) is 11.7 Å². The van der Waals surface area contributed by atoms with Gasteiger partial charge in [-0.25, -0.2) is 4.39 Å². The highest BCUT2D eigenvalue weighted by Crippen LogP contribution is 2.35. The third-order valence-electron chi connectivity index (χ3n) is 3.77. The summed E-state index contributed by atoms with van der Waals surface area (Å²) < 4.78 is 13.9. The van der Waals surface area contributed by atoms with E-state index in [4.69, 9.17) is 0 Å². The Labute approximate surface area is 117 Å². The van der Waals surface area contributed by atoms with E-state index in [9.17, 15) is 14.0 Å². The summed E-state index contributed by atoms with van der Waals surface area (Å²) >= 11 is 0. The fraction of sp³-hybridized carbons (Fsp3) is 0.375. The van der Waals surface area contributed by atoms with Crippen molar-refractivity contribution in [3.63, 3.8) is 0 Å². The fourth-order valence-corrected chi connectivity index (χ4v) is 2.76. The maximum Gasteiger partial charge on any atom is 0.221 e. The van der Waals surface area contributed by atoms with Crippen molar-refractivity contribution in [2.24, 2.45) is 5.92 Å². The van der Waals surface area contributed by atoms with Crippen molar-refractivity contribution < 1.29 is 14.0 Å². The minimum Gasteiger partial charge on any atom is -0.326 e. The molecule has 0 heterocycles. The van der Waals surface area contributed by atoms with Gasteiger partial charge in [0.1, 0.15) is 5.82 Å². The van der Waals surface area contributed by atoms with Gasteiger partial charge in [-0.15, -0.1) is 6.58 Å². The second kappa shape index (κ2) is 5.57. The van der Waals surface area contributed by atoms with E-state index in [1.165, 1.54) is 13.0 Å². The van der Waals surface area contributed by atoms with Crippen LogP contribution < -0.4 is 5.32 Å². The molecule has 20 heavy (non-hydrogen) atoms. The molecule has 1 aliphatic carbocycles. The third-order valence-corrected chi connectivity index (χ3v) is 3.77. The average molecular weight is 275 g/mol. The molecule has 1 atom stereocenters. The standard InChI is InChI=1S/C16H18FNO2/c1-4-5-11-6-7-12-9(2)13(17)8-14(18-10(3)19)15(12)16(11)20/h4,8,11H,1,5-7H2,2-3H3,(H,18,19). The van der Waals surface area contributed by atoms with Gasteiger partial charge >= 0.3 is 0 Å². The molecule has 1 unspecified atom stereocenters. The molecule has 1 N–H and O–H groups in total. The fourth-order valence-electron chi connectivity index (χ4n) is 2.76. The van der Waals surface area contributed by atoms with Gasteiger partial charge in [0.15, 0.2) is 5.78 Å². The molecule has 0 radical (unpaired) electrons. The summed E-state index contributed by atoms with van der Waals surface area (Å²) in [6.07, 6.45) is 3.67. The van der Waals surface area contributed by atoms with Gasteiger partial charge in [0.25, 0.3) is 0 Å². The second-order valence-corrected chi connectivity index (χ2v) is 5.19. The van der Waals surface area contributed by atoms with Crippen LogP contribution >= 0.6 is 0 Å². The predicted octanol–water partition coefficient (Wildman–Crippen LogP) is 3.41. The lowest BCUT2D eigenvalue weighted by Crippen LogP contribution is -2.25. The average Bonchev–Trinajstić information content (AvgIpc) is 2.37. The number of benzene rings is 1. The van der Waals surface area contributed by atoms with Crippen molar-refractivity contribution in [1.82, 2.24) is 0 Å². The normalized spacial score (nSPS) is 17.6. The van der Waals surface area contributed by atoms with E-state index in [0.29, 0.717) is 30.4 Å². The number of amides is 1. The highest BCUT2D eigenvalue weighted by molar-refractivity contribution is 6.07. The molecule has 3 nitrogen and oxygen atoms in total. The second-order valence-electron chi connectivity index (χ2n) is 5.19. The Balaban J connectivity index is 2.56. The van der Waals surface area contributed by atoms with E-state index in [0.717, 1.165) is 5.56 Å². The van der Waals surface area contributed by atoms with E-state index < -0.39 is 0 Å². The summed E-state index contributed by atoms with van der Waals surface area (Å²) in [6.45, 7) is 6.69. The molecule has 0 spiro atoms. The zero-order valence-corrected chi connectivity index (χ0v) is 11.8. The summed E-state index contributed by atoms with van der Waals surface area (Å²) in [6, 6.07) is 1.24. The zero-order valence-electron chi connectivity index (χ0n) is 11.8. The quantitative estimate of drug-likeness (QED) is 0.859. The highest BCUT2D eigenvalue weighted by atomic mass is 19.1. The van der Waals surface area contributed by atoms with Crippen molar-refractivity contribution >= 4 is 17.4 Å². The Morgan fingerprint density at radius 3 is 2.90 bits per heavy atom. The molecule has 0 aromatic heterocycles. The molecular formula is C16H18FNO2. The number of hydrogen-bond donors (Lipinski definition) is 1. The van der Waals surface area contributed by atoms with Gasteiger partial charge in [-0.05, 0) is 43.4 Å². The van der Waals surface area contributed by atoms with Gasteiger partial charge in [0.05, 0.1) is 5.69 Å². The maximum atomic E-state index is 13.9. The smallest absolute Gasteiger partial charge is 0.221 e. The van der Waals surface area contributed by atoms with Crippen LogP contribution in [0.1, 0.15) is 41.3 Å². The van der Waals surface area contributed by atoms with Gasteiger partial charge in [-0.1, -0.05) is 6.08 Å². The van der Waals surface area contributed by atoms with Gasteiger partial charge in [0, 0.05) is 18.4 Å². The number of halogens is 1. The van der Waals surface area contributed by atoms with Crippen molar-refractivity contribution in [3.05, 3.63) is 41.2 Å². The maximum absolute atomic E-state index is 13.9. The minimum absolute atomic E-state index is 0.0296. The van der Waals surface area contributed by atoms with E-state index in [2.05, 4.69) is 11.9 Å². The molecule has 2 rings (SSSR count). The van der Waals surface area contributed by atoms with Crippen LogP contribution in [0.3, 0.4) is 0 Å². The molecule has 0 bridgehead atoms. The third kappa shape index (κ3) is 2.50. The Bertz CT molecular complexity index is 593. The van der Waals surface area contributed by atoms with Gasteiger partial charge in [-0.3, -0.25) is 9.59 Å². The van der Waals surface area contributed by atoms with Crippen LogP contribution in [0, 0.1) is 18.7 Å². The summed E-state index contributed by atoms with van der Waals surface area (Å²) in [5, 5.41) is 2.57. The van der Waals surface area contributed by atoms with E-state index in [-0.39, 0.29) is 29.1 Å². The van der Waals surface area contributed by atoms with Crippen molar-refractivity contribution in [1.29, 1.82) is 0 Å². The van der Waals surface area contributed by atoms with E-state index in [1.807, 2.05) is 0 Å². The first-order valence-corrected chi connectivity index (χ1v) is 6.70. The van der Waals surface area contributed by atoms with Crippen LogP contribution in [0.15, 0.2) is 18.7 Å². The number of rotatable bonds is 3. The molecule has 1 aliphatic rings. The lowest BCUT2D eigenvalue weighted by molar-refractivity contribution is -0.114. The number of fused-ring (bicyclic) bond motifs is 1. The Morgan fingerprint density at radius 2 is 2.30 bits per heavy atom. The number of nitrogens with one attached hydrogen (secondary N) is 1. The number of anilines is 1. The van der Waals surface area contributed by atoms with Gasteiger partial charge in [0.2, 0.25) is 5.91 Å². The van der Waals surface area contributed by atoms with E-state index >= 15 is 0 Å². The molecule has 1 amide bonds. The summed E-state index contributed by atoms with van der Waals surface area (Å²) in [5.41, 5.74) is 1.98. The molecule has 1 aromatic carbocycles. The van der Waals surface area contributed by atoms with Crippen LogP contribution in [-0.2, 0) is 11.2 Å². The number of ketones is 1. The highest BCUT2D eigenvalue weighted by Gasteiger charge is 2.31. The monoisotopic (exact) mass is 275 g/mol. The lowest BCUT2D eigenvalue weighted by atomic mass is 9.78. The SMILES string of the molecule is C=CCC1CCc2c(C)c(F)cc(NC(C)=O)c2C1=O. The Hall–Kier alpha value is -1.97. The topological polar surface area (TPSA) is 46.2 Å².